The van der Waals surface area contributed by atoms with E-state index in [1.54, 1.807) is 19.2 Å². The molecule has 0 aliphatic rings. The Bertz CT molecular complexity index is 883. The predicted molar refractivity (Wildman–Crippen MR) is 85.6 cm³/mol. The Morgan fingerprint density at radius 3 is 2.62 bits per heavy atom. The van der Waals surface area contributed by atoms with E-state index in [4.69, 9.17) is 0 Å². The van der Waals surface area contributed by atoms with Crippen molar-refractivity contribution in [2.45, 2.75) is 19.1 Å². The molecule has 0 radical (unpaired) electrons. The van der Waals surface area contributed by atoms with Gasteiger partial charge in [0.05, 0.1) is 17.2 Å². The Morgan fingerprint density at radius 2 is 1.88 bits per heavy atom. The maximum absolute atomic E-state index is 12.8. The maximum Gasteiger partial charge on any atom is 0.416 e. The lowest BCUT2D eigenvalue weighted by atomic mass is 10.0. The lowest BCUT2D eigenvalue weighted by molar-refractivity contribution is -0.137. The zero-order chi connectivity index (χ0) is 17.3. The van der Waals surface area contributed by atoms with Gasteiger partial charge in [0.25, 0.3) is 5.91 Å². The van der Waals surface area contributed by atoms with Crippen molar-refractivity contribution in [3.05, 3.63) is 71.4 Å². The molecule has 0 saturated carbocycles. The first kappa shape index (κ1) is 16.1. The van der Waals surface area contributed by atoms with Crippen LogP contribution in [0.25, 0.3) is 10.9 Å². The van der Waals surface area contributed by atoms with E-state index in [0.717, 1.165) is 23.0 Å². The summed E-state index contributed by atoms with van der Waals surface area (Å²) >= 11 is 0. The number of nitrogens with one attached hydrogen (secondary N) is 2. The third kappa shape index (κ3) is 3.13. The number of hydrogen-bond acceptors (Lipinski definition) is 1. The Labute approximate surface area is 136 Å². The van der Waals surface area contributed by atoms with Gasteiger partial charge >= 0.3 is 6.18 Å². The van der Waals surface area contributed by atoms with Crippen LogP contribution in [0.1, 0.15) is 34.5 Å². The monoisotopic (exact) mass is 332 g/mol. The van der Waals surface area contributed by atoms with Crippen molar-refractivity contribution < 1.29 is 18.0 Å². The summed E-state index contributed by atoms with van der Waals surface area (Å²) in [4.78, 5) is 15.4. The average Bonchev–Trinajstić information content (AvgIpc) is 2.98. The van der Waals surface area contributed by atoms with Crippen LogP contribution in [0.5, 0.6) is 0 Å². The van der Waals surface area contributed by atoms with Crippen molar-refractivity contribution in [3.8, 4) is 0 Å². The lowest BCUT2D eigenvalue weighted by Crippen LogP contribution is -2.26. The van der Waals surface area contributed by atoms with Gasteiger partial charge in [0.1, 0.15) is 0 Å². The number of carbonyl (C=O) groups is 1. The molecule has 1 atom stereocenters. The smallest absolute Gasteiger partial charge is 0.360 e. The van der Waals surface area contributed by atoms with Gasteiger partial charge in [-0.15, -0.1) is 0 Å². The summed E-state index contributed by atoms with van der Waals surface area (Å²) in [7, 11) is 0. The van der Waals surface area contributed by atoms with Crippen LogP contribution in [0, 0.1) is 0 Å². The minimum atomic E-state index is -4.41. The zero-order valence-corrected chi connectivity index (χ0v) is 12.8. The number of alkyl halides is 3. The summed E-state index contributed by atoms with van der Waals surface area (Å²) in [5.74, 6) is -0.336. The van der Waals surface area contributed by atoms with Gasteiger partial charge in [-0.05, 0) is 30.7 Å². The average molecular weight is 332 g/mol. The van der Waals surface area contributed by atoms with Crippen LogP contribution in [0.15, 0.2) is 54.7 Å². The van der Waals surface area contributed by atoms with Crippen molar-refractivity contribution >= 4 is 16.8 Å². The Kier molecular flexibility index (Phi) is 4.05. The molecule has 1 unspecified atom stereocenters. The van der Waals surface area contributed by atoms with Crippen LogP contribution in [0.4, 0.5) is 13.2 Å². The molecule has 1 amide bonds. The molecular weight excluding hydrogens is 317 g/mol. The molecule has 0 aliphatic heterocycles. The number of halogens is 3. The molecule has 0 saturated heterocycles. The Morgan fingerprint density at radius 1 is 1.12 bits per heavy atom. The van der Waals surface area contributed by atoms with Crippen LogP contribution < -0.4 is 5.32 Å². The second kappa shape index (κ2) is 6.03. The predicted octanol–water partition coefficient (Wildman–Crippen LogP) is 4.68. The number of amides is 1. The summed E-state index contributed by atoms with van der Waals surface area (Å²) in [6.45, 7) is 1.65. The number of rotatable bonds is 3. The van der Waals surface area contributed by atoms with Gasteiger partial charge in [-0.1, -0.05) is 30.3 Å². The number of para-hydroxylation sites is 1. The molecule has 0 spiro atoms. The summed E-state index contributed by atoms with van der Waals surface area (Å²) in [6.07, 6.45) is -2.81. The highest BCUT2D eigenvalue weighted by Gasteiger charge is 2.30. The largest absolute Gasteiger partial charge is 0.416 e. The maximum atomic E-state index is 12.8. The Hall–Kier alpha value is -2.76. The zero-order valence-electron chi connectivity index (χ0n) is 12.8. The molecule has 3 nitrogen and oxygen atoms in total. The highest BCUT2D eigenvalue weighted by atomic mass is 19.4. The number of aromatic amines is 1. The highest BCUT2D eigenvalue weighted by molar-refractivity contribution is 6.06. The van der Waals surface area contributed by atoms with E-state index in [0.29, 0.717) is 11.1 Å². The van der Waals surface area contributed by atoms with Crippen LogP contribution in [-0.4, -0.2) is 10.9 Å². The third-order valence-corrected chi connectivity index (χ3v) is 3.90. The van der Waals surface area contributed by atoms with E-state index in [9.17, 15) is 18.0 Å². The molecule has 124 valence electrons. The summed E-state index contributed by atoms with van der Waals surface area (Å²) < 4.78 is 38.4. The molecule has 2 aromatic carbocycles. The number of H-pyrrole nitrogens is 1. The van der Waals surface area contributed by atoms with E-state index in [1.165, 1.54) is 6.07 Å². The molecule has 24 heavy (non-hydrogen) atoms. The number of hydrogen-bond donors (Lipinski definition) is 2. The van der Waals surface area contributed by atoms with Gasteiger partial charge in [0.15, 0.2) is 0 Å². The van der Waals surface area contributed by atoms with Crippen molar-refractivity contribution in [3.63, 3.8) is 0 Å². The second-order valence-corrected chi connectivity index (χ2v) is 5.57. The normalized spacial score (nSPS) is 13.0. The quantitative estimate of drug-likeness (QED) is 0.719. The fourth-order valence-electron chi connectivity index (χ4n) is 2.60. The van der Waals surface area contributed by atoms with Crippen LogP contribution in [-0.2, 0) is 6.18 Å². The first-order chi connectivity index (χ1) is 11.4. The van der Waals surface area contributed by atoms with Gasteiger partial charge in [-0.2, -0.15) is 13.2 Å². The number of benzene rings is 2. The van der Waals surface area contributed by atoms with Gasteiger partial charge in [-0.3, -0.25) is 4.79 Å². The summed E-state index contributed by atoms with van der Waals surface area (Å²) in [5.41, 5.74) is 0.963. The van der Waals surface area contributed by atoms with Crippen molar-refractivity contribution in [1.82, 2.24) is 10.3 Å². The number of aromatic nitrogens is 1. The topological polar surface area (TPSA) is 44.9 Å². The van der Waals surface area contributed by atoms with E-state index in [2.05, 4.69) is 10.3 Å². The molecule has 3 aromatic rings. The van der Waals surface area contributed by atoms with Gasteiger partial charge in [0, 0.05) is 17.1 Å². The van der Waals surface area contributed by atoms with E-state index >= 15 is 0 Å². The molecule has 3 rings (SSSR count). The minimum Gasteiger partial charge on any atom is -0.360 e. The first-order valence-electron chi connectivity index (χ1n) is 7.40. The van der Waals surface area contributed by atoms with Gasteiger partial charge in [0.2, 0.25) is 0 Å². The van der Waals surface area contributed by atoms with Crippen LogP contribution in [0.2, 0.25) is 0 Å². The highest BCUT2D eigenvalue weighted by Crippen LogP contribution is 2.30. The van der Waals surface area contributed by atoms with Crippen molar-refractivity contribution in [2.24, 2.45) is 0 Å². The first-order valence-corrected chi connectivity index (χ1v) is 7.40. The standard InChI is InChI=1S/C18H15F3N2O/c1-11(12-5-4-6-13(9-12)18(19,20)21)23-17(24)15-10-22-16-8-3-2-7-14(15)16/h2-11,22H,1H3,(H,23,24). The molecule has 0 fully saturated rings. The summed E-state index contributed by atoms with van der Waals surface area (Å²) in [5, 5.41) is 3.51. The third-order valence-electron chi connectivity index (χ3n) is 3.90. The Balaban J connectivity index is 1.82. The fourth-order valence-corrected chi connectivity index (χ4v) is 2.60. The van der Waals surface area contributed by atoms with Crippen LogP contribution >= 0.6 is 0 Å². The second-order valence-electron chi connectivity index (χ2n) is 5.57. The molecule has 1 aromatic heterocycles. The molecule has 0 aliphatic carbocycles. The van der Waals surface area contributed by atoms with E-state index in [-0.39, 0.29) is 5.91 Å². The van der Waals surface area contributed by atoms with Crippen molar-refractivity contribution in [2.75, 3.05) is 0 Å². The van der Waals surface area contributed by atoms with Gasteiger partial charge < -0.3 is 10.3 Å². The number of fused-ring (bicyclic) bond motifs is 1. The molecular formula is C18H15F3N2O. The summed E-state index contributed by atoms with van der Waals surface area (Å²) in [6, 6.07) is 11.8. The number of carbonyl (C=O) groups excluding carboxylic acids is 1. The van der Waals surface area contributed by atoms with Gasteiger partial charge in [-0.25, -0.2) is 0 Å². The molecule has 6 heteroatoms. The minimum absolute atomic E-state index is 0.336. The van der Waals surface area contributed by atoms with Crippen molar-refractivity contribution in [1.29, 1.82) is 0 Å². The van der Waals surface area contributed by atoms with E-state index in [1.807, 2.05) is 24.3 Å². The molecule has 1 heterocycles. The lowest BCUT2D eigenvalue weighted by Gasteiger charge is -2.16. The molecule has 0 bridgehead atoms. The molecule has 2 N–H and O–H groups in total. The SMILES string of the molecule is CC(NC(=O)c1c[nH]c2ccccc12)c1cccc(C(F)(F)F)c1. The van der Waals surface area contributed by atoms with Crippen LogP contribution in [0.3, 0.4) is 0 Å². The van der Waals surface area contributed by atoms with E-state index < -0.39 is 17.8 Å². The fraction of sp³-hybridized carbons (Fsp3) is 0.167.